The van der Waals surface area contributed by atoms with Crippen LogP contribution in [0.25, 0.3) is 0 Å². The minimum atomic E-state index is 0.648. The quantitative estimate of drug-likeness (QED) is 0.382. The number of nitrogens with two attached hydrogens (primary N) is 1. The first-order chi connectivity index (χ1) is 9.31. The number of hydrogen-bond donors (Lipinski definition) is 2. The van der Waals surface area contributed by atoms with Crippen molar-refractivity contribution in [2.24, 2.45) is 10.8 Å². The predicted molar refractivity (Wildman–Crippen MR) is 77.6 cm³/mol. The van der Waals surface area contributed by atoms with Gasteiger partial charge in [0.05, 0.1) is 12.8 Å². The average molecular weight is 255 g/mol. The third kappa shape index (κ3) is 3.82. The SMILES string of the molecule is COc1ccc(CC(=Nc2ccccc2)NN)cc1. The van der Waals surface area contributed by atoms with Crippen molar-refractivity contribution in [3.05, 3.63) is 60.2 Å². The van der Waals surface area contributed by atoms with Gasteiger partial charge >= 0.3 is 0 Å². The van der Waals surface area contributed by atoms with Crippen molar-refractivity contribution in [2.45, 2.75) is 6.42 Å². The van der Waals surface area contributed by atoms with Crippen molar-refractivity contribution in [1.29, 1.82) is 0 Å². The van der Waals surface area contributed by atoms with Crippen LogP contribution in [0.5, 0.6) is 5.75 Å². The van der Waals surface area contributed by atoms with E-state index >= 15 is 0 Å². The highest BCUT2D eigenvalue weighted by Gasteiger charge is 2.01. The molecule has 3 N–H and O–H groups in total. The molecule has 0 aliphatic heterocycles. The minimum Gasteiger partial charge on any atom is -0.497 e. The van der Waals surface area contributed by atoms with Crippen LogP contribution < -0.4 is 16.0 Å². The van der Waals surface area contributed by atoms with E-state index in [9.17, 15) is 0 Å². The zero-order chi connectivity index (χ0) is 13.5. The summed E-state index contributed by atoms with van der Waals surface area (Å²) < 4.78 is 5.13. The Bertz CT molecular complexity index is 535. The van der Waals surface area contributed by atoms with Gasteiger partial charge in [-0.2, -0.15) is 0 Å². The van der Waals surface area contributed by atoms with Crippen molar-refractivity contribution in [2.75, 3.05) is 7.11 Å². The third-order valence-electron chi connectivity index (χ3n) is 2.72. The molecular formula is C15H17N3O. The summed E-state index contributed by atoms with van der Waals surface area (Å²) in [5.41, 5.74) is 4.64. The maximum atomic E-state index is 5.52. The van der Waals surface area contributed by atoms with Crippen LogP contribution in [-0.4, -0.2) is 12.9 Å². The maximum absolute atomic E-state index is 5.52. The number of nitrogens with zero attached hydrogens (tertiary/aromatic N) is 1. The molecule has 4 heteroatoms. The monoisotopic (exact) mass is 255 g/mol. The standard InChI is InChI=1S/C15H17N3O/c1-19-14-9-7-12(8-10-14)11-15(18-16)17-13-5-3-2-4-6-13/h2-10H,11,16H2,1H3,(H,17,18). The largest absolute Gasteiger partial charge is 0.497 e. The first-order valence-electron chi connectivity index (χ1n) is 6.04. The van der Waals surface area contributed by atoms with Gasteiger partial charge in [0.1, 0.15) is 11.6 Å². The number of aliphatic imine (C=N–C) groups is 1. The molecule has 0 radical (unpaired) electrons. The number of para-hydroxylation sites is 1. The lowest BCUT2D eigenvalue weighted by molar-refractivity contribution is 0.414. The van der Waals surface area contributed by atoms with Crippen LogP contribution in [-0.2, 0) is 6.42 Å². The number of rotatable bonds is 4. The Kier molecular flexibility index (Phi) is 4.53. The van der Waals surface area contributed by atoms with Crippen LogP contribution >= 0.6 is 0 Å². The molecule has 0 aliphatic carbocycles. The van der Waals surface area contributed by atoms with E-state index in [-0.39, 0.29) is 0 Å². The number of amidine groups is 1. The highest BCUT2D eigenvalue weighted by molar-refractivity contribution is 5.86. The molecule has 4 nitrogen and oxygen atoms in total. The molecule has 98 valence electrons. The Labute approximate surface area is 112 Å². The van der Waals surface area contributed by atoms with Crippen molar-refractivity contribution in [3.8, 4) is 5.75 Å². The maximum Gasteiger partial charge on any atom is 0.121 e. The second kappa shape index (κ2) is 6.56. The van der Waals surface area contributed by atoms with Crippen LogP contribution in [0.2, 0.25) is 0 Å². The zero-order valence-corrected chi connectivity index (χ0v) is 10.8. The Hall–Kier alpha value is -2.33. The molecule has 0 unspecified atom stereocenters. The molecule has 0 saturated carbocycles. The Morgan fingerprint density at radius 3 is 2.37 bits per heavy atom. The molecule has 2 rings (SSSR count). The lowest BCUT2D eigenvalue weighted by Crippen LogP contribution is -2.31. The van der Waals surface area contributed by atoms with Gasteiger partial charge in [0.2, 0.25) is 0 Å². The topological polar surface area (TPSA) is 59.6 Å². The van der Waals surface area contributed by atoms with Gasteiger partial charge in [0, 0.05) is 6.42 Å². The van der Waals surface area contributed by atoms with Crippen LogP contribution in [0.4, 0.5) is 5.69 Å². The van der Waals surface area contributed by atoms with E-state index in [1.807, 2.05) is 54.6 Å². The number of benzene rings is 2. The lowest BCUT2D eigenvalue weighted by Gasteiger charge is -2.07. The average Bonchev–Trinajstić information content (AvgIpc) is 2.48. The summed E-state index contributed by atoms with van der Waals surface area (Å²) in [7, 11) is 1.65. The second-order valence-corrected chi connectivity index (χ2v) is 4.06. The molecule has 19 heavy (non-hydrogen) atoms. The van der Waals surface area contributed by atoms with Crippen molar-refractivity contribution < 1.29 is 4.74 Å². The molecular weight excluding hydrogens is 238 g/mol. The van der Waals surface area contributed by atoms with Gasteiger partial charge in [-0.3, -0.25) is 0 Å². The van der Waals surface area contributed by atoms with Gasteiger partial charge in [0.15, 0.2) is 0 Å². The third-order valence-corrected chi connectivity index (χ3v) is 2.72. The molecule has 0 saturated heterocycles. The summed E-state index contributed by atoms with van der Waals surface area (Å²) in [6.07, 6.45) is 0.648. The fourth-order valence-corrected chi connectivity index (χ4v) is 1.72. The Morgan fingerprint density at radius 1 is 1.11 bits per heavy atom. The Balaban J connectivity index is 2.12. The fraction of sp³-hybridized carbons (Fsp3) is 0.133. The first-order valence-corrected chi connectivity index (χ1v) is 6.04. The van der Waals surface area contributed by atoms with Gasteiger partial charge in [-0.1, -0.05) is 30.3 Å². The summed E-state index contributed by atoms with van der Waals surface area (Å²) in [6, 6.07) is 17.6. The minimum absolute atomic E-state index is 0.648. The van der Waals surface area contributed by atoms with Gasteiger partial charge in [-0.05, 0) is 29.8 Å². The molecule has 0 aliphatic rings. The van der Waals surface area contributed by atoms with E-state index in [0.717, 1.165) is 22.8 Å². The zero-order valence-electron chi connectivity index (χ0n) is 10.8. The summed E-state index contributed by atoms with van der Waals surface area (Å²) in [5.74, 6) is 7.08. The molecule has 0 aromatic heterocycles. The van der Waals surface area contributed by atoms with Crippen LogP contribution in [0.1, 0.15) is 5.56 Å². The molecule has 0 fully saturated rings. The molecule has 0 atom stereocenters. The summed E-state index contributed by atoms with van der Waals surface area (Å²) in [5, 5.41) is 0. The second-order valence-electron chi connectivity index (χ2n) is 4.06. The van der Waals surface area contributed by atoms with E-state index in [1.165, 1.54) is 0 Å². The van der Waals surface area contributed by atoms with Crippen LogP contribution in [0.3, 0.4) is 0 Å². The molecule has 2 aromatic carbocycles. The summed E-state index contributed by atoms with van der Waals surface area (Å²) in [4.78, 5) is 4.46. The normalized spacial score (nSPS) is 11.2. The van der Waals surface area contributed by atoms with Gasteiger partial charge in [-0.25, -0.2) is 10.8 Å². The molecule has 0 amide bonds. The van der Waals surface area contributed by atoms with Crippen molar-refractivity contribution >= 4 is 11.5 Å². The predicted octanol–water partition coefficient (Wildman–Crippen LogP) is 2.43. The molecule has 0 spiro atoms. The summed E-state index contributed by atoms with van der Waals surface area (Å²) in [6.45, 7) is 0. The molecule has 0 heterocycles. The number of nitrogens with one attached hydrogen (secondary N) is 1. The highest BCUT2D eigenvalue weighted by Crippen LogP contribution is 2.14. The number of hydrogen-bond acceptors (Lipinski definition) is 3. The smallest absolute Gasteiger partial charge is 0.121 e. The van der Waals surface area contributed by atoms with Crippen molar-refractivity contribution in [3.63, 3.8) is 0 Å². The van der Waals surface area contributed by atoms with Gasteiger partial charge in [-0.15, -0.1) is 0 Å². The number of ether oxygens (including phenoxy) is 1. The van der Waals surface area contributed by atoms with E-state index in [0.29, 0.717) is 6.42 Å². The number of methoxy groups -OCH3 is 1. The van der Waals surface area contributed by atoms with E-state index in [1.54, 1.807) is 7.11 Å². The fourth-order valence-electron chi connectivity index (χ4n) is 1.72. The van der Waals surface area contributed by atoms with Crippen molar-refractivity contribution in [1.82, 2.24) is 5.43 Å². The van der Waals surface area contributed by atoms with Gasteiger partial charge < -0.3 is 10.2 Å². The highest BCUT2D eigenvalue weighted by atomic mass is 16.5. The first kappa shape index (κ1) is 13.1. The van der Waals surface area contributed by atoms with E-state index < -0.39 is 0 Å². The summed E-state index contributed by atoms with van der Waals surface area (Å²) >= 11 is 0. The Morgan fingerprint density at radius 2 is 1.79 bits per heavy atom. The number of hydrazine groups is 1. The molecule has 0 bridgehead atoms. The van der Waals surface area contributed by atoms with E-state index in [4.69, 9.17) is 10.6 Å². The van der Waals surface area contributed by atoms with E-state index in [2.05, 4.69) is 10.4 Å². The van der Waals surface area contributed by atoms with Crippen LogP contribution in [0, 0.1) is 0 Å². The van der Waals surface area contributed by atoms with Crippen LogP contribution in [0.15, 0.2) is 59.6 Å². The lowest BCUT2D eigenvalue weighted by atomic mass is 10.1. The molecule has 2 aromatic rings. The van der Waals surface area contributed by atoms with Gasteiger partial charge in [0.25, 0.3) is 0 Å².